The monoisotopic (exact) mass is 447 g/mol. The van der Waals surface area contributed by atoms with Gasteiger partial charge in [-0.05, 0) is 55.3 Å². The van der Waals surface area contributed by atoms with Gasteiger partial charge >= 0.3 is 0 Å². The highest BCUT2D eigenvalue weighted by Gasteiger charge is 2.36. The quantitative estimate of drug-likeness (QED) is 0.508. The minimum atomic E-state index is -3.82. The van der Waals surface area contributed by atoms with Crippen molar-refractivity contribution in [2.45, 2.75) is 30.8 Å². The first-order chi connectivity index (χ1) is 15.4. The van der Waals surface area contributed by atoms with E-state index in [1.807, 2.05) is 55.6 Å². The van der Waals surface area contributed by atoms with E-state index in [1.165, 1.54) is 16.4 Å². The maximum atomic E-state index is 13.4. The normalized spacial score (nSPS) is 15.7. The van der Waals surface area contributed by atoms with Crippen LogP contribution in [0.3, 0.4) is 0 Å². The van der Waals surface area contributed by atoms with Crippen molar-refractivity contribution in [3.8, 4) is 0 Å². The number of nitrogens with zero attached hydrogens (tertiary/aromatic N) is 4. The van der Waals surface area contributed by atoms with Crippen LogP contribution in [0.5, 0.6) is 0 Å². The van der Waals surface area contributed by atoms with E-state index >= 15 is 0 Å². The second kappa shape index (κ2) is 7.76. The Hall–Kier alpha value is -3.72. The molecule has 1 N–H and O–H groups in total. The van der Waals surface area contributed by atoms with Gasteiger partial charge in [-0.25, -0.2) is 8.42 Å². The van der Waals surface area contributed by atoms with Gasteiger partial charge in [-0.1, -0.05) is 30.3 Å². The van der Waals surface area contributed by atoms with Crippen molar-refractivity contribution in [3.63, 3.8) is 0 Å². The zero-order valence-electron chi connectivity index (χ0n) is 17.3. The van der Waals surface area contributed by atoms with Crippen molar-refractivity contribution in [3.05, 3.63) is 89.9 Å². The summed E-state index contributed by atoms with van der Waals surface area (Å²) < 4.78 is 30.1. The number of benzene rings is 2. The SMILES string of the molecule is CC1Cc2ccccc2N1S(=O)(=O)c1cccc(C(=O)NCc2nnc3ccccn23)c1. The topological polar surface area (TPSA) is 96.7 Å². The molecule has 0 spiro atoms. The number of aromatic nitrogens is 3. The molecule has 0 radical (unpaired) electrons. The zero-order valence-corrected chi connectivity index (χ0v) is 18.2. The standard InChI is InChI=1S/C23H21N5O3S/c1-16-13-17-7-2-3-10-20(17)28(16)32(30,31)19-9-6-8-18(14-19)23(29)24-15-22-26-25-21-11-4-5-12-27(21)22/h2-12,14,16H,13,15H2,1H3,(H,24,29). The highest BCUT2D eigenvalue weighted by Crippen LogP contribution is 2.36. The van der Waals surface area contributed by atoms with Crippen LogP contribution in [0.1, 0.15) is 28.7 Å². The number of fused-ring (bicyclic) bond motifs is 2. The highest BCUT2D eigenvalue weighted by atomic mass is 32.2. The Morgan fingerprint density at radius 3 is 2.75 bits per heavy atom. The molecule has 0 aliphatic carbocycles. The minimum Gasteiger partial charge on any atom is -0.345 e. The number of para-hydroxylation sites is 1. The molecule has 1 amide bonds. The highest BCUT2D eigenvalue weighted by molar-refractivity contribution is 7.92. The maximum Gasteiger partial charge on any atom is 0.264 e. The van der Waals surface area contributed by atoms with Crippen LogP contribution in [0.2, 0.25) is 0 Å². The Kier molecular flexibility index (Phi) is 4.90. The number of anilines is 1. The Morgan fingerprint density at radius 1 is 1.06 bits per heavy atom. The van der Waals surface area contributed by atoms with Gasteiger partial charge in [-0.2, -0.15) is 0 Å². The second-order valence-electron chi connectivity index (χ2n) is 7.74. The van der Waals surface area contributed by atoms with Crippen molar-refractivity contribution in [1.29, 1.82) is 0 Å². The molecule has 5 rings (SSSR count). The molecule has 4 aromatic rings. The Bertz CT molecular complexity index is 1430. The number of nitrogens with one attached hydrogen (secondary N) is 1. The molecule has 0 saturated carbocycles. The van der Waals surface area contributed by atoms with Crippen LogP contribution in [0, 0.1) is 0 Å². The molecule has 1 atom stereocenters. The summed E-state index contributed by atoms with van der Waals surface area (Å²) in [7, 11) is -3.82. The van der Waals surface area contributed by atoms with Gasteiger partial charge < -0.3 is 5.32 Å². The molecule has 1 aliphatic heterocycles. The molecule has 0 fully saturated rings. The molecule has 3 heterocycles. The number of carbonyl (C=O) groups is 1. The van der Waals surface area contributed by atoms with E-state index < -0.39 is 10.0 Å². The Morgan fingerprint density at radius 2 is 1.88 bits per heavy atom. The number of sulfonamides is 1. The molecule has 162 valence electrons. The number of hydrogen-bond acceptors (Lipinski definition) is 5. The number of carbonyl (C=O) groups excluding carboxylic acids is 1. The largest absolute Gasteiger partial charge is 0.345 e. The number of amides is 1. The van der Waals surface area contributed by atoms with Crippen LogP contribution >= 0.6 is 0 Å². The van der Waals surface area contributed by atoms with Gasteiger partial charge in [-0.3, -0.25) is 13.5 Å². The van der Waals surface area contributed by atoms with Crippen molar-refractivity contribution in [1.82, 2.24) is 19.9 Å². The predicted octanol–water partition coefficient (Wildman–Crippen LogP) is 2.80. The molecular weight excluding hydrogens is 426 g/mol. The van der Waals surface area contributed by atoms with Gasteiger partial charge in [0.2, 0.25) is 0 Å². The first-order valence-electron chi connectivity index (χ1n) is 10.2. The smallest absolute Gasteiger partial charge is 0.264 e. The Balaban J connectivity index is 1.39. The van der Waals surface area contributed by atoms with E-state index in [2.05, 4.69) is 15.5 Å². The van der Waals surface area contributed by atoms with Crippen LogP contribution in [0.25, 0.3) is 5.65 Å². The lowest BCUT2D eigenvalue weighted by Gasteiger charge is -2.24. The fourth-order valence-corrected chi connectivity index (χ4v) is 5.83. The molecule has 2 aromatic carbocycles. The van der Waals surface area contributed by atoms with E-state index in [0.29, 0.717) is 23.6 Å². The number of rotatable bonds is 5. The summed E-state index contributed by atoms with van der Waals surface area (Å²) in [5.41, 5.74) is 2.64. The van der Waals surface area contributed by atoms with Gasteiger partial charge in [0.05, 0.1) is 17.1 Å². The third-order valence-electron chi connectivity index (χ3n) is 5.59. The molecular formula is C23H21N5O3S. The van der Waals surface area contributed by atoms with E-state index in [4.69, 9.17) is 0 Å². The molecule has 0 saturated heterocycles. The summed E-state index contributed by atoms with van der Waals surface area (Å²) in [6.07, 6.45) is 2.47. The van der Waals surface area contributed by atoms with E-state index in [-0.39, 0.29) is 29.0 Å². The lowest BCUT2D eigenvalue weighted by atomic mass is 10.1. The first kappa shape index (κ1) is 20.2. The third-order valence-corrected chi connectivity index (χ3v) is 7.51. The fraction of sp³-hybridized carbons (Fsp3) is 0.174. The Labute approximate surface area is 185 Å². The maximum absolute atomic E-state index is 13.4. The van der Waals surface area contributed by atoms with Crippen molar-refractivity contribution in [2.24, 2.45) is 0 Å². The van der Waals surface area contributed by atoms with E-state index in [9.17, 15) is 13.2 Å². The second-order valence-corrected chi connectivity index (χ2v) is 9.55. The molecule has 0 bridgehead atoms. The lowest BCUT2D eigenvalue weighted by Crippen LogP contribution is -2.35. The van der Waals surface area contributed by atoms with Crippen molar-refractivity contribution < 1.29 is 13.2 Å². The zero-order chi connectivity index (χ0) is 22.3. The van der Waals surface area contributed by atoms with Gasteiger partial charge in [0.25, 0.3) is 15.9 Å². The summed E-state index contributed by atoms with van der Waals surface area (Å²) in [6, 6.07) is 19.0. The van der Waals surface area contributed by atoms with Crippen LogP contribution in [-0.2, 0) is 23.0 Å². The minimum absolute atomic E-state index is 0.0848. The van der Waals surface area contributed by atoms with Crippen molar-refractivity contribution >= 4 is 27.3 Å². The van der Waals surface area contributed by atoms with Gasteiger partial charge in [-0.15, -0.1) is 10.2 Å². The average Bonchev–Trinajstić information content (AvgIpc) is 3.37. The van der Waals surface area contributed by atoms with E-state index in [0.717, 1.165) is 5.56 Å². The van der Waals surface area contributed by atoms with Gasteiger partial charge in [0.15, 0.2) is 11.5 Å². The molecule has 9 heteroatoms. The summed E-state index contributed by atoms with van der Waals surface area (Å²) >= 11 is 0. The molecule has 1 unspecified atom stereocenters. The van der Waals surface area contributed by atoms with Crippen LogP contribution in [-0.4, -0.2) is 35.0 Å². The average molecular weight is 448 g/mol. The van der Waals surface area contributed by atoms with Gasteiger partial charge in [0.1, 0.15) is 0 Å². The molecule has 32 heavy (non-hydrogen) atoms. The van der Waals surface area contributed by atoms with Gasteiger partial charge in [0, 0.05) is 17.8 Å². The van der Waals surface area contributed by atoms with E-state index in [1.54, 1.807) is 16.5 Å². The van der Waals surface area contributed by atoms with Crippen LogP contribution < -0.4 is 9.62 Å². The van der Waals surface area contributed by atoms with Crippen LogP contribution in [0.4, 0.5) is 5.69 Å². The van der Waals surface area contributed by atoms with Crippen molar-refractivity contribution in [2.75, 3.05) is 4.31 Å². The summed E-state index contributed by atoms with van der Waals surface area (Å²) in [6.45, 7) is 2.05. The summed E-state index contributed by atoms with van der Waals surface area (Å²) in [4.78, 5) is 12.8. The first-order valence-corrected chi connectivity index (χ1v) is 11.7. The molecule has 2 aromatic heterocycles. The fourth-order valence-electron chi connectivity index (χ4n) is 4.09. The molecule has 8 nitrogen and oxygen atoms in total. The van der Waals surface area contributed by atoms with Crippen LogP contribution in [0.15, 0.2) is 77.8 Å². The number of hydrogen-bond donors (Lipinski definition) is 1. The lowest BCUT2D eigenvalue weighted by molar-refractivity contribution is 0.0949. The molecule has 1 aliphatic rings. The summed E-state index contributed by atoms with van der Waals surface area (Å²) in [5, 5.41) is 11.0. The third kappa shape index (κ3) is 3.40. The predicted molar refractivity (Wildman–Crippen MR) is 120 cm³/mol. The summed E-state index contributed by atoms with van der Waals surface area (Å²) in [5.74, 6) is 0.199. The number of pyridine rings is 1.